The minimum Gasteiger partial charge on any atom is -0.486 e. The number of sulfonamides is 1. The molecule has 39 heavy (non-hydrogen) atoms. The minimum absolute atomic E-state index is 0.0257. The van der Waals surface area contributed by atoms with Crippen LogP contribution in [0.25, 0.3) is 10.2 Å². The Balaban J connectivity index is 1.42. The Bertz CT molecular complexity index is 1380. The maximum Gasteiger partial charge on any atom is 0.260 e. The number of nitrogens with zero attached hydrogens (tertiary/aromatic N) is 4. The Morgan fingerprint density at radius 3 is 2.49 bits per heavy atom. The molecule has 1 atom stereocenters. The number of amides is 1. The predicted octanol–water partition coefficient (Wildman–Crippen LogP) is 4.62. The lowest BCUT2D eigenvalue weighted by atomic mass is 10.0. The monoisotopic (exact) mass is 572 g/mol. The Kier molecular flexibility index (Phi) is 8.41. The van der Waals surface area contributed by atoms with Gasteiger partial charge in [0.25, 0.3) is 5.91 Å². The van der Waals surface area contributed by atoms with Crippen molar-refractivity contribution < 1.29 is 22.7 Å². The van der Waals surface area contributed by atoms with Gasteiger partial charge in [-0.3, -0.25) is 9.69 Å². The number of thiazole rings is 1. The molecular formula is C28H36N4O5S2. The van der Waals surface area contributed by atoms with Crippen molar-refractivity contribution in [3.05, 3.63) is 42.0 Å². The van der Waals surface area contributed by atoms with E-state index >= 15 is 0 Å². The highest BCUT2D eigenvalue weighted by Gasteiger charge is 2.33. The first kappa shape index (κ1) is 27.8. The number of rotatable bonds is 9. The SMILES string of the molecule is CCC1CCCCN1S(=O)(=O)c1ccc(C(=O)N(CCCN(C)C)c2nc3cc4c(cc3s2)OCCO4)cc1. The standard InChI is InChI=1S/C28H36N4O5S2/c1-4-21-8-5-6-15-32(21)39(34,35)22-11-9-20(10-12-22)27(33)31(14-7-13-30(2)3)28-29-23-18-24-25(19-26(23)38-28)37-17-16-36-24/h9-12,18-19,21H,4-8,13-17H2,1-3H3. The number of piperidine rings is 1. The molecule has 5 rings (SSSR count). The van der Waals surface area contributed by atoms with Crippen molar-refractivity contribution in [1.29, 1.82) is 0 Å². The van der Waals surface area contributed by atoms with Crippen LogP contribution in [0.4, 0.5) is 5.13 Å². The van der Waals surface area contributed by atoms with E-state index in [0.29, 0.717) is 48.5 Å². The van der Waals surface area contributed by atoms with E-state index in [-0.39, 0.29) is 16.8 Å². The molecule has 2 aliphatic rings. The second-order valence-corrected chi connectivity index (χ2v) is 13.2. The van der Waals surface area contributed by atoms with Gasteiger partial charge >= 0.3 is 0 Å². The topological polar surface area (TPSA) is 92.3 Å². The summed E-state index contributed by atoms with van der Waals surface area (Å²) in [4.78, 5) is 22.6. The minimum atomic E-state index is -3.62. The van der Waals surface area contributed by atoms with Gasteiger partial charge in [-0.05, 0) is 70.6 Å². The summed E-state index contributed by atoms with van der Waals surface area (Å²) in [5.41, 5.74) is 1.17. The molecule has 2 aliphatic heterocycles. The molecule has 11 heteroatoms. The zero-order chi connectivity index (χ0) is 27.6. The van der Waals surface area contributed by atoms with Crippen molar-refractivity contribution in [1.82, 2.24) is 14.2 Å². The average molecular weight is 573 g/mol. The summed E-state index contributed by atoms with van der Waals surface area (Å²) < 4.78 is 40.8. The zero-order valence-corrected chi connectivity index (χ0v) is 24.4. The smallest absolute Gasteiger partial charge is 0.260 e. The summed E-state index contributed by atoms with van der Waals surface area (Å²) in [5.74, 6) is 1.13. The van der Waals surface area contributed by atoms with Gasteiger partial charge in [-0.25, -0.2) is 13.4 Å². The van der Waals surface area contributed by atoms with Crippen LogP contribution in [0.2, 0.25) is 0 Å². The molecule has 0 saturated carbocycles. The molecule has 1 unspecified atom stereocenters. The molecule has 0 radical (unpaired) electrons. The lowest BCUT2D eigenvalue weighted by molar-refractivity contribution is 0.0986. The molecule has 1 fully saturated rings. The highest BCUT2D eigenvalue weighted by Crippen LogP contribution is 2.39. The Morgan fingerprint density at radius 2 is 1.79 bits per heavy atom. The Labute approximate surface area is 234 Å². The molecule has 1 saturated heterocycles. The molecule has 210 valence electrons. The molecule has 0 spiro atoms. The third-order valence-electron chi connectivity index (χ3n) is 7.26. The van der Waals surface area contributed by atoms with Gasteiger partial charge in [-0.2, -0.15) is 4.31 Å². The summed E-state index contributed by atoms with van der Waals surface area (Å²) in [6, 6.07) is 10.1. The van der Waals surface area contributed by atoms with Crippen molar-refractivity contribution in [2.75, 3.05) is 51.8 Å². The van der Waals surface area contributed by atoms with Gasteiger partial charge in [-0.1, -0.05) is 24.7 Å². The third-order valence-corrected chi connectivity index (χ3v) is 10.3. The van der Waals surface area contributed by atoms with Gasteiger partial charge in [0, 0.05) is 36.8 Å². The number of anilines is 1. The number of fused-ring (bicyclic) bond motifs is 2. The molecule has 0 N–H and O–H groups in total. The van der Waals surface area contributed by atoms with Crippen LogP contribution >= 0.6 is 11.3 Å². The van der Waals surface area contributed by atoms with E-state index in [4.69, 9.17) is 14.5 Å². The summed E-state index contributed by atoms with van der Waals surface area (Å²) in [6.45, 7) is 4.86. The van der Waals surface area contributed by atoms with Crippen LogP contribution in [0.1, 0.15) is 49.4 Å². The maximum atomic E-state index is 13.8. The van der Waals surface area contributed by atoms with Crippen molar-refractivity contribution >= 4 is 42.6 Å². The van der Waals surface area contributed by atoms with E-state index in [0.717, 1.165) is 48.9 Å². The molecule has 2 aromatic carbocycles. The molecule has 3 heterocycles. The van der Waals surface area contributed by atoms with Crippen molar-refractivity contribution in [2.24, 2.45) is 0 Å². The summed E-state index contributed by atoms with van der Waals surface area (Å²) in [7, 11) is 0.379. The number of hydrogen-bond donors (Lipinski definition) is 0. The fourth-order valence-corrected chi connectivity index (χ4v) is 7.92. The van der Waals surface area contributed by atoms with Gasteiger partial charge in [0.1, 0.15) is 13.2 Å². The molecule has 1 amide bonds. The largest absolute Gasteiger partial charge is 0.486 e. The molecule has 1 aromatic heterocycles. The van der Waals surface area contributed by atoms with Crippen LogP contribution in [-0.2, 0) is 10.0 Å². The fraction of sp³-hybridized carbons (Fsp3) is 0.500. The molecule has 0 bridgehead atoms. The van der Waals surface area contributed by atoms with Crippen LogP contribution in [0.15, 0.2) is 41.3 Å². The van der Waals surface area contributed by atoms with Gasteiger partial charge in [0.15, 0.2) is 16.6 Å². The van der Waals surface area contributed by atoms with E-state index in [1.165, 1.54) is 11.3 Å². The van der Waals surface area contributed by atoms with Crippen LogP contribution < -0.4 is 14.4 Å². The first-order valence-corrected chi connectivity index (χ1v) is 15.8. The van der Waals surface area contributed by atoms with E-state index in [1.807, 2.05) is 33.2 Å². The van der Waals surface area contributed by atoms with Gasteiger partial charge in [0.05, 0.1) is 15.1 Å². The van der Waals surface area contributed by atoms with Crippen molar-refractivity contribution in [3.63, 3.8) is 0 Å². The summed E-state index contributed by atoms with van der Waals surface area (Å²) in [6.07, 6.45) is 4.36. The first-order chi connectivity index (χ1) is 18.8. The normalized spacial score (nSPS) is 18.0. The van der Waals surface area contributed by atoms with E-state index in [9.17, 15) is 13.2 Å². The predicted molar refractivity (Wildman–Crippen MR) is 154 cm³/mol. The van der Waals surface area contributed by atoms with Crippen molar-refractivity contribution in [3.8, 4) is 11.5 Å². The second-order valence-electron chi connectivity index (χ2n) is 10.3. The summed E-state index contributed by atoms with van der Waals surface area (Å²) >= 11 is 1.43. The number of carbonyl (C=O) groups is 1. The number of hydrogen-bond acceptors (Lipinski definition) is 8. The highest BCUT2D eigenvalue weighted by atomic mass is 32.2. The maximum absolute atomic E-state index is 13.8. The fourth-order valence-electron chi connectivity index (χ4n) is 5.16. The summed E-state index contributed by atoms with van der Waals surface area (Å²) in [5, 5.41) is 0.590. The van der Waals surface area contributed by atoms with E-state index in [1.54, 1.807) is 33.5 Å². The number of aromatic nitrogens is 1. The number of ether oxygens (including phenoxy) is 2. The van der Waals surface area contributed by atoms with Crippen LogP contribution in [-0.4, -0.2) is 81.5 Å². The third kappa shape index (κ3) is 5.91. The zero-order valence-electron chi connectivity index (χ0n) is 22.8. The van der Waals surface area contributed by atoms with E-state index < -0.39 is 10.0 Å². The Morgan fingerprint density at radius 1 is 1.08 bits per heavy atom. The van der Waals surface area contributed by atoms with E-state index in [2.05, 4.69) is 4.90 Å². The first-order valence-electron chi connectivity index (χ1n) is 13.6. The molecule has 3 aromatic rings. The number of benzene rings is 2. The highest BCUT2D eigenvalue weighted by molar-refractivity contribution is 7.89. The average Bonchev–Trinajstić information content (AvgIpc) is 3.36. The van der Waals surface area contributed by atoms with Gasteiger partial charge in [0.2, 0.25) is 10.0 Å². The van der Waals surface area contributed by atoms with Gasteiger partial charge in [-0.15, -0.1) is 0 Å². The molecule has 0 aliphatic carbocycles. The quantitative estimate of drug-likeness (QED) is 0.370. The van der Waals surface area contributed by atoms with Crippen LogP contribution in [0, 0.1) is 0 Å². The number of carbonyl (C=O) groups excluding carboxylic acids is 1. The van der Waals surface area contributed by atoms with Crippen LogP contribution in [0.5, 0.6) is 11.5 Å². The lowest BCUT2D eigenvalue weighted by Gasteiger charge is -2.34. The lowest BCUT2D eigenvalue weighted by Crippen LogP contribution is -2.43. The van der Waals surface area contributed by atoms with Crippen molar-refractivity contribution in [2.45, 2.75) is 50.0 Å². The molecular weight excluding hydrogens is 536 g/mol. The van der Waals surface area contributed by atoms with Crippen LogP contribution in [0.3, 0.4) is 0 Å². The Hall–Kier alpha value is -2.73. The molecule has 9 nitrogen and oxygen atoms in total. The second kappa shape index (κ2) is 11.8. The van der Waals surface area contributed by atoms with Gasteiger partial charge < -0.3 is 14.4 Å².